The average molecular weight is 553 g/mol. The van der Waals surface area contributed by atoms with Gasteiger partial charge in [0.25, 0.3) is 0 Å². The number of amides is 2. The van der Waals surface area contributed by atoms with Crippen LogP contribution in [0.1, 0.15) is 43.8 Å². The molecule has 1 aromatic rings. The van der Waals surface area contributed by atoms with Crippen molar-refractivity contribution in [2.24, 2.45) is 35.7 Å². The Kier molecular flexibility index (Phi) is 6.87. The predicted molar refractivity (Wildman–Crippen MR) is 130 cm³/mol. The van der Waals surface area contributed by atoms with E-state index in [1.165, 1.54) is 17.7 Å². The number of halogens is 1. The highest BCUT2D eigenvalue weighted by atomic mass is 127. The summed E-state index contributed by atoms with van der Waals surface area (Å²) in [5.41, 5.74) is 0. The summed E-state index contributed by atoms with van der Waals surface area (Å²) < 4.78 is 1.93. The first-order valence-corrected chi connectivity index (χ1v) is 11.5. The van der Waals surface area contributed by atoms with Crippen molar-refractivity contribution in [3.05, 3.63) is 23.8 Å². The van der Waals surface area contributed by atoms with Gasteiger partial charge < -0.3 is 15.2 Å². The second-order valence-electron chi connectivity index (χ2n) is 9.27. The quantitative estimate of drug-likeness (QED) is 0.182. The zero-order valence-corrected chi connectivity index (χ0v) is 21.0. The van der Waals surface area contributed by atoms with Gasteiger partial charge in [-0.15, -0.1) is 34.2 Å². The van der Waals surface area contributed by atoms with Crippen LogP contribution in [0.25, 0.3) is 0 Å². The second kappa shape index (κ2) is 9.48. The molecule has 9 nitrogen and oxygen atoms in total. The number of nitrogens with zero attached hydrogens (tertiary/aromatic N) is 5. The zero-order chi connectivity index (χ0) is 21.5. The van der Waals surface area contributed by atoms with E-state index in [0.717, 1.165) is 30.9 Å². The molecule has 2 heterocycles. The van der Waals surface area contributed by atoms with Gasteiger partial charge in [0.15, 0.2) is 11.8 Å². The molecule has 5 rings (SSSR count). The normalized spacial score (nSPS) is 29.1. The topological polar surface area (TPSA) is 105 Å². The van der Waals surface area contributed by atoms with E-state index < -0.39 is 0 Å². The lowest BCUT2D eigenvalue weighted by Crippen LogP contribution is -2.46. The molecule has 4 atom stereocenters. The molecule has 3 fully saturated rings. The number of carbonyl (C=O) groups is 2. The molecule has 1 aliphatic heterocycles. The van der Waals surface area contributed by atoms with E-state index in [-0.39, 0.29) is 59.5 Å². The number of fused-ring (bicyclic) bond motifs is 5. The lowest BCUT2D eigenvalue weighted by Gasteiger charge is -2.20. The number of carbonyl (C=O) groups excluding carboxylic acids is 2. The summed E-state index contributed by atoms with van der Waals surface area (Å²) >= 11 is 0. The molecule has 0 radical (unpaired) electrons. The molecule has 0 aromatic carbocycles. The molecular weight excluding hydrogens is 521 g/mol. The van der Waals surface area contributed by atoms with Gasteiger partial charge in [-0.3, -0.25) is 14.5 Å². The molecule has 2 amide bonds. The summed E-state index contributed by atoms with van der Waals surface area (Å²) in [6.45, 7) is 3.19. The SMILES string of the molecule is Cc1nnc(CN=C(NCCN2C(=O)C3C4C=CC(C4)C3C2=O)NC2CCCC2)n1C.I. The van der Waals surface area contributed by atoms with Crippen LogP contribution in [0.15, 0.2) is 17.1 Å². The standard InChI is InChI=1S/C22H31N7O2.HI/c1-13-26-27-17(28(13)2)12-24-22(25-16-5-3-4-6-16)23-9-10-29-20(30)18-14-7-8-15(11-14)19(18)21(29)31;/h7-8,14-16,18-19H,3-6,9-12H2,1-2H3,(H2,23,24,25);1H. The van der Waals surface area contributed by atoms with Crippen molar-refractivity contribution in [2.75, 3.05) is 13.1 Å². The van der Waals surface area contributed by atoms with E-state index >= 15 is 0 Å². The van der Waals surface area contributed by atoms with Gasteiger partial charge in [-0.05, 0) is 38.0 Å². The van der Waals surface area contributed by atoms with Crippen molar-refractivity contribution >= 4 is 41.8 Å². The minimum atomic E-state index is -0.133. The lowest BCUT2D eigenvalue weighted by molar-refractivity contribution is -0.140. The van der Waals surface area contributed by atoms with E-state index in [2.05, 4.69) is 33.0 Å². The first-order chi connectivity index (χ1) is 15.0. The van der Waals surface area contributed by atoms with E-state index in [9.17, 15) is 9.59 Å². The highest BCUT2D eigenvalue weighted by Crippen LogP contribution is 2.52. The number of aryl methyl sites for hydroxylation is 1. The summed E-state index contributed by atoms with van der Waals surface area (Å²) in [5.74, 6) is 2.59. The molecule has 2 bridgehead atoms. The van der Waals surface area contributed by atoms with Gasteiger partial charge >= 0.3 is 0 Å². The number of hydrogen-bond acceptors (Lipinski definition) is 5. The number of aromatic nitrogens is 3. The van der Waals surface area contributed by atoms with Crippen molar-refractivity contribution in [1.29, 1.82) is 0 Å². The number of allylic oxidation sites excluding steroid dienone is 2. The van der Waals surface area contributed by atoms with Crippen molar-refractivity contribution in [2.45, 2.75) is 51.6 Å². The van der Waals surface area contributed by atoms with E-state index in [4.69, 9.17) is 4.99 Å². The zero-order valence-electron chi connectivity index (χ0n) is 18.7. The van der Waals surface area contributed by atoms with Crippen LogP contribution in [0, 0.1) is 30.6 Å². The molecule has 4 aliphatic rings. The third kappa shape index (κ3) is 4.17. The maximum atomic E-state index is 12.9. The summed E-state index contributed by atoms with van der Waals surface area (Å²) in [7, 11) is 1.93. The van der Waals surface area contributed by atoms with Gasteiger partial charge in [0.05, 0.1) is 11.8 Å². The Morgan fingerprint density at radius 1 is 1.12 bits per heavy atom. The highest BCUT2D eigenvalue weighted by molar-refractivity contribution is 14.0. The van der Waals surface area contributed by atoms with Crippen molar-refractivity contribution in [3.8, 4) is 0 Å². The van der Waals surface area contributed by atoms with Crippen LogP contribution in [-0.4, -0.2) is 56.6 Å². The third-order valence-electron chi connectivity index (χ3n) is 7.45. The molecule has 0 spiro atoms. The summed E-state index contributed by atoms with van der Waals surface area (Å²) in [5, 5.41) is 15.1. The number of likely N-dealkylation sites (tertiary alicyclic amines) is 1. The Hall–Kier alpha value is -1.98. The van der Waals surface area contributed by atoms with Crippen LogP contribution >= 0.6 is 24.0 Å². The molecule has 1 saturated heterocycles. The van der Waals surface area contributed by atoms with E-state index in [1.54, 1.807) is 0 Å². The Labute approximate surface area is 205 Å². The van der Waals surface area contributed by atoms with Crippen LogP contribution in [0.3, 0.4) is 0 Å². The summed E-state index contributed by atoms with van der Waals surface area (Å²) in [6.07, 6.45) is 9.93. The first kappa shape index (κ1) is 23.2. The third-order valence-corrected chi connectivity index (χ3v) is 7.45. The van der Waals surface area contributed by atoms with Crippen molar-refractivity contribution < 1.29 is 9.59 Å². The molecule has 4 unspecified atom stereocenters. The molecule has 10 heteroatoms. The van der Waals surface area contributed by atoms with Gasteiger partial charge in [-0.2, -0.15) is 0 Å². The number of imide groups is 1. The summed E-state index contributed by atoms with van der Waals surface area (Å²) in [6, 6.07) is 0.406. The maximum absolute atomic E-state index is 12.9. The van der Waals surface area contributed by atoms with Crippen LogP contribution < -0.4 is 10.6 Å². The largest absolute Gasteiger partial charge is 0.355 e. The number of nitrogens with one attached hydrogen (secondary N) is 2. The first-order valence-electron chi connectivity index (χ1n) is 11.5. The summed E-state index contributed by atoms with van der Waals surface area (Å²) in [4.78, 5) is 31.9. The number of aliphatic imine (C=N–C) groups is 1. The average Bonchev–Trinajstić information content (AvgIpc) is 3.57. The minimum Gasteiger partial charge on any atom is -0.355 e. The highest BCUT2D eigenvalue weighted by Gasteiger charge is 2.58. The van der Waals surface area contributed by atoms with Crippen LogP contribution in [0.5, 0.6) is 0 Å². The van der Waals surface area contributed by atoms with Crippen LogP contribution in [-0.2, 0) is 23.2 Å². The van der Waals surface area contributed by atoms with Gasteiger partial charge in [0, 0.05) is 26.2 Å². The second-order valence-corrected chi connectivity index (χ2v) is 9.27. The molecule has 3 aliphatic carbocycles. The van der Waals surface area contributed by atoms with Crippen molar-refractivity contribution in [3.63, 3.8) is 0 Å². The van der Waals surface area contributed by atoms with Gasteiger partial charge in [0.1, 0.15) is 12.4 Å². The Bertz CT molecular complexity index is 907. The van der Waals surface area contributed by atoms with Gasteiger partial charge in [0.2, 0.25) is 11.8 Å². The fraction of sp³-hybridized carbons (Fsp3) is 0.682. The molecule has 2 N–H and O–H groups in total. The Morgan fingerprint density at radius 2 is 1.78 bits per heavy atom. The predicted octanol–water partition coefficient (Wildman–Crippen LogP) is 1.53. The molecule has 2 saturated carbocycles. The lowest BCUT2D eigenvalue weighted by atomic mass is 9.85. The van der Waals surface area contributed by atoms with Gasteiger partial charge in [-0.25, -0.2) is 4.99 Å². The molecular formula is C22H32IN7O2. The Morgan fingerprint density at radius 3 is 2.38 bits per heavy atom. The fourth-order valence-corrected chi connectivity index (χ4v) is 5.63. The van der Waals surface area contributed by atoms with Crippen molar-refractivity contribution in [1.82, 2.24) is 30.3 Å². The van der Waals surface area contributed by atoms with E-state index in [1.807, 2.05) is 18.5 Å². The maximum Gasteiger partial charge on any atom is 0.233 e. The Balaban J connectivity index is 0.00000245. The number of hydrogen-bond donors (Lipinski definition) is 2. The molecule has 174 valence electrons. The monoisotopic (exact) mass is 553 g/mol. The number of rotatable bonds is 6. The molecule has 1 aromatic heterocycles. The van der Waals surface area contributed by atoms with Gasteiger partial charge in [-0.1, -0.05) is 25.0 Å². The smallest absolute Gasteiger partial charge is 0.233 e. The van der Waals surface area contributed by atoms with E-state index in [0.29, 0.717) is 31.6 Å². The molecule has 32 heavy (non-hydrogen) atoms. The number of guanidine groups is 1. The minimum absolute atomic E-state index is 0. The van der Waals surface area contributed by atoms with Crippen LogP contribution in [0.2, 0.25) is 0 Å². The fourth-order valence-electron chi connectivity index (χ4n) is 5.63. The van der Waals surface area contributed by atoms with Crippen LogP contribution in [0.4, 0.5) is 0 Å².